The molecule has 0 spiro atoms. The molecular formula is C15H26N2O2. The fraction of sp³-hybridized carbons (Fsp3) is 0.600. The molecule has 2 N–H and O–H groups in total. The molecule has 0 amide bonds. The van der Waals surface area contributed by atoms with Gasteiger partial charge >= 0.3 is 0 Å². The first-order valence-corrected chi connectivity index (χ1v) is 6.88. The molecule has 1 atom stereocenters. The highest BCUT2D eigenvalue weighted by Gasteiger charge is 2.22. The van der Waals surface area contributed by atoms with Crippen LogP contribution in [0.4, 0.5) is 0 Å². The lowest BCUT2D eigenvalue weighted by molar-refractivity contribution is 0.207. The van der Waals surface area contributed by atoms with E-state index in [1.807, 2.05) is 12.1 Å². The number of nitrogens with two attached hydrogens (primary N) is 1. The first-order valence-electron chi connectivity index (χ1n) is 6.88. The molecule has 0 aromatic heterocycles. The molecule has 0 saturated carbocycles. The van der Waals surface area contributed by atoms with E-state index in [-0.39, 0.29) is 6.04 Å². The van der Waals surface area contributed by atoms with Gasteiger partial charge in [-0.3, -0.25) is 4.90 Å². The number of methoxy groups -OCH3 is 2. The third kappa shape index (κ3) is 3.61. The third-order valence-electron chi connectivity index (χ3n) is 3.37. The number of ether oxygens (including phenoxy) is 2. The quantitative estimate of drug-likeness (QED) is 0.785. The Kier molecular flexibility index (Phi) is 6.67. The van der Waals surface area contributed by atoms with Crippen LogP contribution in [-0.4, -0.2) is 38.8 Å². The van der Waals surface area contributed by atoms with Crippen molar-refractivity contribution in [2.45, 2.75) is 26.3 Å². The van der Waals surface area contributed by atoms with Crippen molar-refractivity contribution in [1.29, 1.82) is 0 Å². The standard InChI is InChI=1S/C15H26N2O2/c1-5-10-17(6-2)13(11-16)12-8-7-9-14(18-3)15(12)19-4/h7-9,13H,5-6,10-11,16H2,1-4H3. The van der Waals surface area contributed by atoms with Gasteiger partial charge in [0.1, 0.15) is 0 Å². The summed E-state index contributed by atoms with van der Waals surface area (Å²) >= 11 is 0. The van der Waals surface area contributed by atoms with Crippen LogP contribution in [-0.2, 0) is 0 Å². The van der Waals surface area contributed by atoms with Gasteiger partial charge in [-0.1, -0.05) is 26.0 Å². The molecule has 1 aromatic rings. The Labute approximate surface area is 116 Å². The summed E-state index contributed by atoms with van der Waals surface area (Å²) in [6.07, 6.45) is 1.11. The van der Waals surface area contributed by atoms with Gasteiger partial charge in [0.2, 0.25) is 0 Å². The van der Waals surface area contributed by atoms with E-state index >= 15 is 0 Å². The van der Waals surface area contributed by atoms with E-state index < -0.39 is 0 Å². The predicted molar refractivity (Wildman–Crippen MR) is 78.9 cm³/mol. The van der Waals surface area contributed by atoms with Crippen LogP contribution in [0.2, 0.25) is 0 Å². The number of para-hydroxylation sites is 1. The molecule has 4 heteroatoms. The number of likely N-dealkylation sites (N-methyl/N-ethyl adjacent to an activating group) is 1. The summed E-state index contributed by atoms with van der Waals surface area (Å²) in [5.74, 6) is 1.54. The Balaban J connectivity index is 3.16. The van der Waals surface area contributed by atoms with Crippen molar-refractivity contribution < 1.29 is 9.47 Å². The van der Waals surface area contributed by atoms with Gasteiger partial charge in [0.25, 0.3) is 0 Å². The summed E-state index contributed by atoms with van der Waals surface area (Å²) in [4.78, 5) is 2.37. The maximum Gasteiger partial charge on any atom is 0.165 e. The molecule has 0 aliphatic rings. The monoisotopic (exact) mass is 266 g/mol. The molecular weight excluding hydrogens is 240 g/mol. The van der Waals surface area contributed by atoms with Crippen molar-refractivity contribution in [3.05, 3.63) is 23.8 Å². The van der Waals surface area contributed by atoms with Gasteiger partial charge in [0.15, 0.2) is 11.5 Å². The zero-order chi connectivity index (χ0) is 14.3. The van der Waals surface area contributed by atoms with E-state index in [0.29, 0.717) is 6.54 Å². The van der Waals surface area contributed by atoms with Crippen LogP contribution in [0.1, 0.15) is 31.9 Å². The minimum atomic E-state index is 0.162. The van der Waals surface area contributed by atoms with Crippen molar-refractivity contribution in [3.63, 3.8) is 0 Å². The van der Waals surface area contributed by atoms with Gasteiger partial charge in [-0.15, -0.1) is 0 Å². The van der Waals surface area contributed by atoms with Crippen LogP contribution in [0.15, 0.2) is 18.2 Å². The summed E-state index contributed by atoms with van der Waals surface area (Å²) in [5.41, 5.74) is 7.09. The molecule has 1 rings (SSSR count). The Hall–Kier alpha value is -1.26. The topological polar surface area (TPSA) is 47.7 Å². The predicted octanol–water partition coefficient (Wildman–Crippen LogP) is 2.44. The number of hydrogen-bond acceptors (Lipinski definition) is 4. The average Bonchev–Trinajstić information content (AvgIpc) is 2.46. The van der Waals surface area contributed by atoms with Crippen LogP contribution in [0.5, 0.6) is 11.5 Å². The lowest BCUT2D eigenvalue weighted by atomic mass is 10.0. The summed E-state index contributed by atoms with van der Waals surface area (Å²) in [6.45, 7) is 6.90. The molecule has 1 unspecified atom stereocenters. The molecule has 0 aliphatic carbocycles. The molecule has 0 heterocycles. The number of hydrogen-bond donors (Lipinski definition) is 1. The second-order valence-corrected chi connectivity index (χ2v) is 4.46. The van der Waals surface area contributed by atoms with Crippen LogP contribution in [0.25, 0.3) is 0 Å². The fourth-order valence-corrected chi connectivity index (χ4v) is 2.47. The molecule has 4 nitrogen and oxygen atoms in total. The highest BCUT2D eigenvalue weighted by Crippen LogP contribution is 2.36. The summed E-state index contributed by atoms with van der Waals surface area (Å²) in [6, 6.07) is 6.12. The Bertz CT molecular complexity index is 382. The van der Waals surface area contributed by atoms with Crippen LogP contribution in [0, 0.1) is 0 Å². The van der Waals surface area contributed by atoms with Gasteiger partial charge in [0, 0.05) is 12.1 Å². The highest BCUT2D eigenvalue weighted by molar-refractivity contribution is 5.48. The molecule has 0 bridgehead atoms. The normalized spacial score (nSPS) is 12.5. The molecule has 19 heavy (non-hydrogen) atoms. The average molecular weight is 266 g/mol. The van der Waals surface area contributed by atoms with Gasteiger partial charge in [-0.2, -0.15) is 0 Å². The molecule has 108 valence electrons. The highest BCUT2D eigenvalue weighted by atomic mass is 16.5. The smallest absolute Gasteiger partial charge is 0.165 e. The number of benzene rings is 1. The molecule has 0 fully saturated rings. The van der Waals surface area contributed by atoms with Crippen molar-refractivity contribution in [1.82, 2.24) is 4.90 Å². The minimum Gasteiger partial charge on any atom is -0.493 e. The minimum absolute atomic E-state index is 0.162. The Morgan fingerprint density at radius 1 is 1.21 bits per heavy atom. The van der Waals surface area contributed by atoms with Crippen molar-refractivity contribution in [3.8, 4) is 11.5 Å². The van der Waals surface area contributed by atoms with E-state index in [9.17, 15) is 0 Å². The SMILES string of the molecule is CCCN(CC)C(CN)c1cccc(OC)c1OC. The van der Waals surface area contributed by atoms with Crippen molar-refractivity contribution >= 4 is 0 Å². The summed E-state index contributed by atoms with van der Waals surface area (Å²) in [5, 5.41) is 0. The zero-order valence-electron chi connectivity index (χ0n) is 12.5. The van der Waals surface area contributed by atoms with E-state index in [4.69, 9.17) is 15.2 Å². The second kappa shape index (κ2) is 8.02. The summed E-state index contributed by atoms with van der Waals surface area (Å²) in [7, 11) is 3.33. The van der Waals surface area contributed by atoms with Crippen molar-refractivity contribution in [2.75, 3.05) is 33.9 Å². The molecule has 0 aliphatic heterocycles. The largest absolute Gasteiger partial charge is 0.493 e. The fourth-order valence-electron chi connectivity index (χ4n) is 2.47. The van der Waals surface area contributed by atoms with E-state index in [0.717, 1.165) is 36.6 Å². The van der Waals surface area contributed by atoms with Crippen LogP contribution in [0.3, 0.4) is 0 Å². The van der Waals surface area contributed by atoms with Gasteiger partial charge in [0.05, 0.1) is 20.3 Å². The van der Waals surface area contributed by atoms with Crippen molar-refractivity contribution in [2.24, 2.45) is 5.73 Å². The number of nitrogens with zero attached hydrogens (tertiary/aromatic N) is 1. The van der Waals surface area contributed by atoms with Gasteiger partial charge in [-0.05, 0) is 25.6 Å². The lowest BCUT2D eigenvalue weighted by Gasteiger charge is -2.31. The van der Waals surface area contributed by atoms with Gasteiger partial charge < -0.3 is 15.2 Å². The van der Waals surface area contributed by atoms with Crippen LogP contribution < -0.4 is 15.2 Å². The maximum absolute atomic E-state index is 5.99. The summed E-state index contributed by atoms with van der Waals surface area (Å²) < 4.78 is 10.9. The third-order valence-corrected chi connectivity index (χ3v) is 3.37. The van der Waals surface area contributed by atoms with E-state index in [1.54, 1.807) is 14.2 Å². The Morgan fingerprint density at radius 3 is 2.42 bits per heavy atom. The maximum atomic E-state index is 5.99. The second-order valence-electron chi connectivity index (χ2n) is 4.46. The Morgan fingerprint density at radius 2 is 1.95 bits per heavy atom. The first kappa shape index (κ1) is 15.8. The van der Waals surface area contributed by atoms with E-state index in [1.165, 1.54) is 0 Å². The molecule has 1 aromatic carbocycles. The molecule has 0 saturated heterocycles. The zero-order valence-corrected chi connectivity index (χ0v) is 12.5. The lowest BCUT2D eigenvalue weighted by Crippen LogP contribution is -2.34. The van der Waals surface area contributed by atoms with E-state index in [2.05, 4.69) is 24.8 Å². The van der Waals surface area contributed by atoms with Gasteiger partial charge in [-0.25, -0.2) is 0 Å². The van der Waals surface area contributed by atoms with Crippen LogP contribution >= 0.6 is 0 Å². The molecule has 0 radical (unpaired) electrons. The number of rotatable bonds is 8. The first-order chi connectivity index (χ1) is 9.23.